The van der Waals surface area contributed by atoms with E-state index in [-0.39, 0.29) is 35.9 Å². The van der Waals surface area contributed by atoms with Crippen LogP contribution in [0.15, 0.2) is 6.07 Å². The predicted octanol–water partition coefficient (Wildman–Crippen LogP) is 3.69. The molecule has 2 amide bonds. The van der Waals surface area contributed by atoms with Gasteiger partial charge in [-0.15, -0.1) is 11.3 Å². The van der Waals surface area contributed by atoms with Crippen molar-refractivity contribution in [1.82, 2.24) is 10.9 Å². The predicted molar refractivity (Wildman–Crippen MR) is 104 cm³/mol. The van der Waals surface area contributed by atoms with Crippen LogP contribution < -0.4 is 10.9 Å². The molecule has 0 unspecified atom stereocenters. The van der Waals surface area contributed by atoms with Gasteiger partial charge >= 0.3 is 0 Å². The topological polar surface area (TPSA) is 75.3 Å². The number of hydrogen-bond donors (Lipinski definition) is 2. The minimum Gasteiger partial charge on any atom is -0.294 e. The Kier molecular flexibility index (Phi) is 4.87. The van der Waals surface area contributed by atoms with E-state index in [1.54, 1.807) is 11.3 Å². The summed E-state index contributed by atoms with van der Waals surface area (Å²) >= 11 is 1.59. The van der Waals surface area contributed by atoms with Gasteiger partial charge in [0.05, 0.1) is 5.41 Å². The number of ketones is 1. The van der Waals surface area contributed by atoms with Crippen LogP contribution in [-0.2, 0) is 9.59 Å². The molecule has 0 aromatic carbocycles. The van der Waals surface area contributed by atoms with E-state index in [4.69, 9.17) is 0 Å². The maximum atomic E-state index is 12.8. The van der Waals surface area contributed by atoms with Crippen molar-refractivity contribution in [2.45, 2.75) is 65.2 Å². The number of aryl methyl sites for hydroxylation is 2. The fourth-order valence-corrected chi connectivity index (χ4v) is 6.92. The van der Waals surface area contributed by atoms with Crippen LogP contribution in [0.25, 0.3) is 0 Å². The summed E-state index contributed by atoms with van der Waals surface area (Å²) in [5.41, 5.74) is 5.65. The molecular formula is C21H28N2O3S. The van der Waals surface area contributed by atoms with E-state index in [1.807, 2.05) is 19.9 Å². The number of thiophene rings is 1. The monoisotopic (exact) mass is 388 g/mol. The van der Waals surface area contributed by atoms with Gasteiger partial charge in [0.2, 0.25) is 11.8 Å². The normalized spacial score (nSPS) is 31.0. The Labute approximate surface area is 164 Å². The summed E-state index contributed by atoms with van der Waals surface area (Å²) in [5, 5.41) is 0. The third kappa shape index (κ3) is 3.68. The van der Waals surface area contributed by atoms with Crippen LogP contribution in [0.5, 0.6) is 0 Å². The number of nitrogens with one attached hydrogen (secondary N) is 2. The minimum atomic E-state index is -0.300. The number of carbonyl (C=O) groups is 3. The van der Waals surface area contributed by atoms with Gasteiger partial charge in [0.15, 0.2) is 5.78 Å². The summed E-state index contributed by atoms with van der Waals surface area (Å²) in [7, 11) is 0. The van der Waals surface area contributed by atoms with E-state index >= 15 is 0 Å². The molecule has 0 spiro atoms. The first kappa shape index (κ1) is 18.7. The zero-order chi connectivity index (χ0) is 19.2. The second-order valence-electron chi connectivity index (χ2n) is 8.95. The van der Waals surface area contributed by atoms with Crippen molar-refractivity contribution in [2.24, 2.45) is 23.2 Å². The van der Waals surface area contributed by atoms with Crippen molar-refractivity contribution in [3.05, 3.63) is 21.4 Å². The number of Topliss-reactive ketones (excluding diaryl/α,β-unsaturated/α-hetero) is 1. The quantitative estimate of drug-likeness (QED) is 0.597. The number of amides is 2. The van der Waals surface area contributed by atoms with Gasteiger partial charge in [-0.3, -0.25) is 25.2 Å². The molecule has 4 bridgehead atoms. The minimum absolute atomic E-state index is 0.0144. The molecule has 2 N–H and O–H groups in total. The van der Waals surface area contributed by atoms with Crippen LogP contribution in [-0.4, -0.2) is 17.6 Å². The number of hydrazine groups is 1. The molecule has 4 aliphatic carbocycles. The third-order valence-corrected chi connectivity index (χ3v) is 7.72. The molecule has 1 aromatic heterocycles. The molecule has 5 nitrogen and oxygen atoms in total. The zero-order valence-electron chi connectivity index (χ0n) is 16.1. The van der Waals surface area contributed by atoms with Crippen molar-refractivity contribution in [1.29, 1.82) is 0 Å². The Bertz CT molecular complexity index is 747. The summed E-state index contributed by atoms with van der Waals surface area (Å²) in [6, 6.07) is 1.88. The fourth-order valence-electron chi connectivity index (χ4n) is 5.98. The summed E-state index contributed by atoms with van der Waals surface area (Å²) in [4.78, 5) is 39.3. The molecule has 0 aliphatic heterocycles. The molecular weight excluding hydrogens is 360 g/mol. The SMILES string of the molecule is Cc1cc(C(=O)CCC(=O)NNC(=O)C23CC4CC(CC(C4)C2)C3)c(C)s1. The highest BCUT2D eigenvalue weighted by Crippen LogP contribution is 2.60. The average molecular weight is 389 g/mol. The molecule has 0 radical (unpaired) electrons. The molecule has 4 aliphatic rings. The van der Waals surface area contributed by atoms with E-state index in [9.17, 15) is 14.4 Å². The fraction of sp³-hybridized carbons (Fsp3) is 0.667. The highest BCUT2D eigenvalue weighted by Gasteiger charge is 2.54. The highest BCUT2D eigenvalue weighted by atomic mass is 32.1. The molecule has 6 heteroatoms. The lowest BCUT2D eigenvalue weighted by Crippen LogP contribution is -2.56. The lowest BCUT2D eigenvalue weighted by molar-refractivity contribution is -0.148. The van der Waals surface area contributed by atoms with E-state index < -0.39 is 0 Å². The summed E-state index contributed by atoms with van der Waals surface area (Å²) in [6.45, 7) is 3.90. The van der Waals surface area contributed by atoms with Gasteiger partial charge in [0.1, 0.15) is 0 Å². The van der Waals surface area contributed by atoms with E-state index in [0.29, 0.717) is 23.3 Å². The standard InChI is InChI=1S/C21H28N2O3S/c1-12-5-17(13(2)27-12)18(24)3-4-19(25)22-23-20(26)21-9-14-6-15(10-21)8-16(7-14)11-21/h5,14-16H,3-4,6-11H2,1-2H3,(H,22,25)(H,23,26). The van der Waals surface area contributed by atoms with E-state index in [0.717, 1.165) is 29.0 Å². The Hall–Kier alpha value is -1.69. The van der Waals surface area contributed by atoms with Crippen LogP contribution in [0.3, 0.4) is 0 Å². The van der Waals surface area contributed by atoms with Gasteiger partial charge in [0, 0.05) is 28.2 Å². The first-order valence-electron chi connectivity index (χ1n) is 10.0. The third-order valence-electron chi connectivity index (χ3n) is 6.76. The molecule has 5 rings (SSSR count). The molecule has 0 saturated heterocycles. The van der Waals surface area contributed by atoms with Crippen LogP contribution >= 0.6 is 11.3 Å². The number of rotatable bonds is 5. The zero-order valence-corrected chi connectivity index (χ0v) is 16.9. The lowest BCUT2D eigenvalue weighted by Gasteiger charge is -2.55. The Morgan fingerprint density at radius 2 is 1.59 bits per heavy atom. The maximum Gasteiger partial charge on any atom is 0.244 e. The first-order chi connectivity index (χ1) is 12.8. The smallest absolute Gasteiger partial charge is 0.244 e. The lowest BCUT2D eigenvalue weighted by atomic mass is 9.49. The second kappa shape index (κ2) is 7.04. The molecule has 1 heterocycles. The van der Waals surface area contributed by atoms with Crippen LogP contribution in [0, 0.1) is 37.0 Å². The van der Waals surface area contributed by atoms with Gasteiger partial charge in [0.25, 0.3) is 0 Å². The van der Waals surface area contributed by atoms with Gasteiger partial charge in [-0.05, 0) is 76.2 Å². The van der Waals surface area contributed by atoms with Crippen molar-refractivity contribution in [3.8, 4) is 0 Å². The van der Waals surface area contributed by atoms with Crippen molar-refractivity contribution in [2.75, 3.05) is 0 Å². The Morgan fingerprint density at radius 3 is 2.11 bits per heavy atom. The van der Waals surface area contributed by atoms with Gasteiger partial charge in [-0.1, -0.05) is 0 Å². The first-order valence-corrected chi connectivity index (χ1v) is 10.9. The van der Waals surface area contributed by atoms with Crippen molar-refractivity contribution < 1.29 is 14.4 Å². The maximum absolute atomic E-state index is 12.8. The number of carbonyl (C=O) groups excluding carboxylic acids is 3. The average Bonchev–Trinajstić information content (AvgIpc) is 2.94. The van der Waals surface area contributed by atoms with E-state index in [1.165, 1.54) is 19.3 Å². The largest absolute Gasteiger partial charge is 0.294 e. The molecule has 27 heavy (non-hydrogen) atoms. The molecule has 146 valence electrons. The Balaban J connectivity index is 1.26. The highest BCUT2D eigenvalue weighted by molar-refractivity contribution is 7.12. The van der Waals surface area contributed by atoms with Gasteiger partial charge in [-0.25, -0.2) is 0 Å². The van der Waals surface area contributed by atoms with Gasteiger partial charge < -0.3 is 0 Å². The summed E-state index contributed by atoms with van der Waals surface area (Å²) < 4.78 is 0. The second-order valence-corrected chi connectivity index (χ2v) is 10.4. The van der Waals surface area contributed by atoms with Crippen molar-refractivity contribution in [3.63, 3.8) is 0 Å². The van der Waals surface area contributed by atoms with Crippen molar-refractivity contribution >= 4 is 28.9 Å². The van der Waals surface area contributed by atoms with Crippen LogP contribution in [0.2, 0.25) is 0 Å². The van der Waals surface area contributed by atoms with E-state index in [2.05, 4.69) is 10.9 Å². The summed E-state index contributed by atoms with van der Waals surface area (Å²) in [6.07, 6.45) is 7.00. The number of hydrogen-bond acceptors (Lipinski definition) is 4. The van der Waals surface area contributed by atoms with Gasteiger partial charge in [-0.2, -0.15) is 0 Å². The molecule has 4 saturated carbocycles. The van der Waals surface area contributed by atoms with Crippen LogP contribution in [0.4, 0.5) is 0 Å². The molecule has 4 fully saturated rings. The van der Waals surface area contributed by atoms with Crippen LogP contribution in [0.1, 0.15) is 71.5 Å². The molecule has 1 aromatic rings. The Morgan fingerprint density at radius 1 is 1.00 bits per heavy atom. The molecule has 0 atom stereocenters. The summed E-state index contributed by atoms with van der Waals surface area (Å²) in [5.74, 6) is 1.73.